The van der Waals surface area contributed by atoms with Gasteiger partial charge in [0.1, 0.15) is 0 Å². The minimum Gasteiger partial charge on any atom is -0.385 e. The maximum atomic E-state index is 13.2. The van der Waals surface area contributed by atoms with E-state index in [1.54, 1.807) is 7.11 Å². The fourth-order valence-electron chi connectivity index (χ4n) is 5.33. The average molecular weight is 347 g/mol. The Morgan fingerprint density at radius 2 is 1.23 bits per heavy atom. The summed E-state index contributed by atoms with van der Waals surface area (Å²) in [4.78, 5) is 27.9. The number of imide groups is 1. The maximum Gasteiger partial charge on any atom is 0.234 e. The second-order valence-corrected chi connectivity index (χ2v) is 7.44. The van der Waals surface area contributed by atoms with Crippen LogP contribution < -0.4 is 0 Å². The van der Waals surface area contributed by atoms with E-state index in [1.807, 2.05) is 24.3 Å². The van der Waals surface area contributed by atoms with Crippen LogP contribution in [-0.4, -0.2) is 37.0 Å². The summed E-state index contributed by atoms with van der Waals surface area (Å²) < 4.78 is 5.10. The Morgan fingerprint density at radius 1 is 0.808 bits per heavy atom. The van der Waals surface area contributed by atoms with Crippen LogP contribution in [0.1, 0.15) is 40.5 Å². The number of methoxy groups -OCH3 is 1. The highest BCUT2D eigenvalue weighted by atomic mass is 16.5. The van der Waals surface area contributed by atoms with Crippen LogP contribution in [0.25, 0.3) is 0 Å². The summed E-state index contributed by atoms with van der Waals surface area (Å²) in [6.45, 7) is 1.00. The van der Waals surface area contributed by atoms with Crippen molar-refractivity contribution in [3.63, 3.8) is 0 Å². The van der Waals surface area contributed by atoms with E-state index in [4.69, 9.17) is 4.74 Å². The number of ether oxygens (including phenoxy) is 1. The largest absolute Gasteiger partial charge is 0.385 e. The molecule has 2 aromatic carbocycles. The van der Waals surface area contributed by atoms with Gasteiger partial charge in [-0.15, -0.1) is 0 Å². The van der Waals surface area contributed by atoms with Gasteiger partial charge in [0.15, 0.2) is 0 Å². The topological polar surface area (TPSA) is 46.6 Å². The van der Waals surface area contributed by atoms with Gasteiger partial charge in [0.25, 0.3) is 0 Å². The molecule has 0 saturated carbocycles. The van der Waals surface area contributed by atoms with Gasteiger partial charge in [-0.1, -0.05) is 48.5 Å². The van der Waals surface area contributed by atoms with Gasteiger partial charge in [0, 0.05) is 32.1 Å². The molecule has 1 saturated heterocycles. The molecule has 0 radical (unpaired) electrons. The lowest BCUT2D eigenvalue weighted by Gasteiger charge is -2.45. The molecule has 26 heavy (non-hydrogen) atoms. The van der Waals surface area contributed by atoms with Crippen molar-refractivity contribution in [2.75, 3.05) is 20.3 Å². The van der Waals surface area contributed by atoms with E-state index in [0.29, 0.717) is 19.6 Å². The Balaban J connectivity index is 1.64. The molecule has 132 valence electrons. The number of likely N-dealkylation sites (tertiary alicyclic amines) is 1. The number of carbonyl (C=O) groups is 2. The first-order valence-corrected chi connectivity index (χ1v) is 9.26. The minimum absolute atomic E-state index is 0.00453. The molecule has 1 heterocycles. The molecule has 6 rings (SSSR count). The SMILES string of the molecule is COCCCN1C(=O)[C@@H]2C3c4ccccc4C(c4ccccc43)[C@H]2C1=O. The van der Waals surface area contributed by atoms with Crippen molar-refractivity contribution in [1.82, 2.24) is 4.90 Å². The molecular formula is C22H21NO3. The highest BCUT2D eigenvalue weighted by Crippen LogP contribution is 2.60. The van der Waals surface area contributed by atoms with Gasteiger partial charge in [0.05, 0.1) is 11.8 Å². The summed E-state index contributed by atoms with van der Waals surface area (Å²) in [5.74, 6) is -0.563. The van der Waals surface area contributed by atoms with E-state index in [2.05, 4.69) is 24.3 Å². The van der Waals surface area contributed by atoms with Crippen molar-refractivity contribution in [2.45, 2.75) is 18.3 Å². The van der Waals surface area contributed by atoms with Crippen LogP contribution in [-0.2, 0) is 14.3 Å². The molecular weight excluding hydrogens is 326 g/mol. The van der Waals surface area contributed by atoms with Gasteiger partial charge >= 0.3 is 0 Å². The summed E-state index contributed by atoms with van der Waals surface area (Å²) >= 11 is 0. The smallest absolute Gasteiger partial charge is 0.234 e. The molecule has 0 unspecified atom stereocenters. The molecule has 4 heteroatoms. The zero-order chi connectivity index (χ0) is 17.8. The fourth-order valence-corrected chi connectivity index (χ4v) is 5.33. The molecule has 2 bridgehead atoms. The Hall–Kier alpha value is -2.46. The van der Waals surface area contributed by atoms with Gasteiger partial charge in [-0.3, -0.25) is 14.5 Å². The third kappa shape index (κ3) is 1.93. The molecule has 2 amide bonds. The summed E-state index contributed by atoms with van der Waals surface area (Å²) in [6, 6.07) is 16.7. The summed E-state index contributed by atoms with van der Waals surface area (Å²) in [7, 11) is 1.64. The first-order valence-electron chi connectivity index (χ1n) is 9.26. The fraction of sp³-hybridized carbons (Fsp3) is 0.364. The minimum atomic E-state index is -0.264. The molecule has 0 spiro atoms. The van der Waals surface area contributed by atoms with Gasteiger partial charge in [-0.2, -0.15) is 0 Å². The van der Waals surface area contributed by atoms with Crippen LogP contribution in [0.3, 0.4) is 0 Å². The average Bonchev–Trinajstić information content (AvgIpc) is 2.93. The number of hydrogen-bond acceptors (Lipinski definition) is 3. The van der Waals surface area contributed by atoms with E-state index in [9.17, 15) is 9.59 Å². The third-order valence-electron chi connectivity index (χ3n) is 6.27. The van der Waals surface area contributed by atoms with E-state index in [1.165, 1.54) is 27.2 Å². The maximum absolute atomic E-state index is 13.2. The Labute approximate surface area is 152 Å². The number of hydrogen-bond donors (Lipinski definition) is 0. The Kier molecular flexibility index (Phi) is 3.50. The van der Waals surface area contributed by atoms with Crippen LogP contribution in [0.4, 0.5) is 0 Å². The summed E-state index contributed by atoms with van der Waals surface area (Å²) in [5, 5.41) is 0. The van der Waals surface area contributed by atoms with E-state index in [-0.39, 0.29) is 35.5 Å². The molecule has 1 aliphatic heterocycles. The highest BCUT2D eigenvalue weighted by molar-refractivity contribution is 6.07. The van der Waals surface area contributed by atoms with Gasteiger partial charge in [0.2, 0.25) is 11.8 Å². The van der Waals surface area contributed by atoms with Crippen molar-refractivity contribution in [1.29, 1.82) is 0 Å². The number of nitrogens with zero attached hydrogens (tertiary/aromatic N) is 1. The molecule has 2 aromatic rings. The van der Waals surface area contributed by atoms with E-state index >= 15 is 0 Å². The van der Waals surface area contributed by atoms with Crippen molar-refractivity contribution in [3.05, 3.63) is 70.8 Å². The summed E-state index contributed by atoms with van der Waals surface area (Å²) in [6.07, 6.45) is 0.683. The lowest BCUT2D eigenvalue weighted by Crippen LogP contribution is -2.41. The molecule has 2 atom stereocenters. The monoisotopic (exact) mass is 347 g/mol. The summed E-state index contributed by atoms with van der Waals surface area (Å²) in [5.41, 5.74) is 4.88. The van der Waals surface area contributed by atoms with Crippen LogP contribution in [0.15, 0.2) is 48.5 Å². The molecule has 4 aliphatic rings. The normalized spacial score (nSPS) is 28.1. The van der Waals surface area contributed by atoms with Gasteiger partial charge in [-0.05, 0) is 28.7 Å². The Bertz CT molecular complexity index is 790. The Morgan fingerprint density at radius 3 is 1.62 bits per heavy atom. The first kappa shape index (κ1) is 15.8. The second kappa shape index (κ2) is 5.78. The second-order valence-electron chi connectivity index (χ2n) is 7.44. The number of benzene rings is 2. The van der Waals surface area contributed by atoms with Crippen LogP contribution in [0.2, 0.25) is 0 Å². The van der Waals surface area contributed by atoms with Crippen molar-refractivity contribution in [3.8, 4) is 0 Å². The molecule has 3 aliphatic carbocycles. The van der Waals surface area contributed by atoms with Crippen molar-refractivity contribution in [2.24, 2.45) is 11.8 Å². The molecule has 1 fully saturated rings. The highest BCUT2D eigenvalue weighted by Gasteiger charge is 2.61. The van der Waals surface area contributed by atoms with Crippen LogP contribution in [0.5, 0.6) is 0 Å². The zero-order valence-electron chi connectivity index (χ0n) is 14.7. The van der Waals surface area contributed by atoms with Crippen molar-refractivity contribution < 1.29 is 14.3 Å². The number of carbonyl (C=O) groups excluding carboxylic acids is 2. The van der Waals surface area contributed by atoms with Gasteiger partial charge < -0.3 is 4.74 Å². The van der Waals surface area contributed by atoms with E-state index in [0.717, 1.165) is 0 Å². The quantitative estimate of drug-likeness (QED) is 0.631. The predicted octanol–water partition coefficient (Wildman–Crippen LogP) is 2.92. The van der Waals surface area contributed by atoms with Crippen molar-refractivity contribution >= 4 is 11.8 Å². The van der Waals surface area contributed by atoms with Crippen LogP contribution >= 0.6 is 0 Å². The predicted molar refractivity (Wildman–Crippen MR) is 96.8 cm³/mol. The number of amides is 2. The lowest BCUT2D eigenvalue weighted by atomic mass is 9.55. The zero-order valence-corrected chi connectivity index (χ0v) is 14.7. The third-order valence-corrected chi connectivity index (χ3v) is 6.27. The van der Waals surface area contributed by atoms with Gasteiger partial charge in [-0.25, -0.2) is 0 Å². The first-order chi connectivity index (χ1) is 12.7. The van der Waals surface area contributed by atoms with Crippen LogP contribution in [0, 0.1) is 11.8 Å². The van der Waals surface area contributed by atoms with E-state index < -0.39 is 0 Å². The number of rotatable bonds is 4. The standard InChI is InChI=1S/C22H21NO3/c1-26-12-6-11-23-21(24)19-17-13-7-2-3-8-14(13)18(20(19)22(23)25)16-10-5-4-9-15(16)17/h2-5,7-10,17-20H,6,11-12H2,1H3/t17?,18?,19-,20-/m1/s1. The lowest BCUT2D eigenvalue weighted by molar-refractivity contribution is -0.140. The molecule has 4 nitrogen and oxygen atoms in total. The molecule has 0 N–H and O–H groups in total. The molecule has 0 aromatic heterocycles.